The van der Waals surface area contributed by atoms with Crippen LogP contribution in [0.2, 0.25) is 0 Å². The van der Waals surface area contributed by atoms with E-state index in [0.717, 1.165) is 11.3 Å². The molecule has 1 aromatic heterocycles. The Bertz CT molecular complexity index is 1050. The Kier molecular flexibility index (Phi) is 4.13. The van der Waals surface area contributed by atoms with Crippen LogP contribution in [0.1, 0.15) is 43.7 Å². The zero-order valence-electron chi connectivity index (χ0n) is 15.2. The number of Topliss-reactive ketones (excluding diaryl/α,β-unsaturated/α-hetero) is 1. The highest BCUT2D eigenvalue weighted by atomic mass is 127. The Morgan fingerprint density at radius 1 is 1.22 bits per heavy atom. The number of phenols is 1. The van der Waals surface area contributed by atoms with Gasteiger partial charge in [0.2, 0.25) is 0 Å². The molecule has 2 heterocycles. The van der Waals surface area contributed by atoms with Gasteiger partial charge in [-0.25, -0.2) is 0 Å². The van der Waals surface area contributed by atoms with Gasteiger partial charge in [0.15, 0.2) is 17.3 Å². The first-order valence-corrected chi connectivity index (χ1v) is 9.70. The molecule has 0 amide bonds. The molecule has 0 fully saturated rings. The molecule has 4 N–H and O–H groups in total. The minimum absolute atomic E-state index is 0.0343. The quantitative estimate of drug-likeness (QED) is 0.493. The Balaban J connectivity index is 1.98. The Labute approximate surface area is 169 Å². The summed E-state index contributed by atoms with van der Waals surface area (Å²) >= 11 is 2.02. The van der Waals surface area contributed by atoms with Gasteiger partial charge in [-0.1, -0.05) is 13.8 Å². The number of aromatic hydroxyl groups is 1. The third kappa shape index (κ3) is 2.86. The summed E-state index contributed by atoms with van der Waals surface area (Å²) in [7, 11) is 1.48. The van der Waals surface area contributed by atoms with Gasteiger partial charge in [0.1, 0.15) is 5.82 Å². The number of phenolic OH excluding ortho intramolecular Hbond substituents is 1. The van der Waals surface area contributed by atoms with Gasteiger partial charge in [0.25, 0.3) is 5.56 Å². The van der Waals surface area contributed by atoms with Crippen molar-refractivity contribution in [3.05, 3.63) is 48.5 Å². The maximum atomic E-state index is 13.1. The van der Waals surface area contributed by atoms with Gasteiger partial charge in [-0.3, -0.25) is 19.8 Å². The number of nitrogens with one attached hydrogen (secondary N) is 3. The highest BCUT2D eigenvalue weighted by molar-refractivity contribution is 14.1. The van der Waals surface area contributed by atoms with Gasteiger partial charge in [0.05, 0.1) is 16.2 Å². The van der Waals surface area contributed by atoms with E-state index in [4.69, 9.17) is 4.74 Å². The van der Waals surface area contributed by atoms with E-state index in [1.165, 1.54) is 7.11 Å². The van der Waals surface area contributed by atoms with E-state index in [-0.39, 0.29) is 22.5 Å². The largest absolute Gasteiger partial charge is 0.504 e. The average Bonchev–Trinajstić information content (AvgIpc) is 2.95. The number of H-pyrrole nitrogens is 2. The molecule has 0 saturated carbocycles. The van der Waals surface area contributed by atoms with E-state index in [0.29, 0.717) is 39.1 Å². The number of ketones is 1. The number of benzene rings is 1. The number of aromatic amines is 2. The first-order valence-electron chi connectivity index (χ1n) is 8.62. The van der Waals surface area contributed by atoms with Crippen LogP contribution in [0.5, 0.6) is 11.5 Å². The van der Waals surface area contributed by atoms with Crippen molar-refractivity contribution in [2.45, 2.75) is 32.6 Å². The molecule has 1 unspecified atom stereocenters. The van der Waals surface area contributed by atoms with Crippen molar-refractivity contribution >= 4 is 34.2 Å². The second kappa shape index (κ2) is 6.15. The summed E-state index contributed by atoms with van der Waals surface area (Å²) in [6.07, 6.45) is 1.14. The minimum atomic E-state index is -0.516. The van der Waals surface area contributed by atoms with E-state index >= 15 is 0 Å². The molecule has 2 aliphatic rings. The predicted molar refractivity (Wildman–Crippen MR) is 109 cm³/mol. The average molecular weight is 481 g/mol. The lowest BCUT2D eigenvalue weighted by Gasteiger charge is -2.38. The highest BCUT2D eigenvalue weighted by Crippen LogP contribution is 2.48. The van der Waals surface area contributed by atoms with Gasteiger partial charge in [0, 0.05) is 23.6 Å². The molecule has 1 aliphatic heterocycles. The number of allylic oxidation sites excluding steroid dienone is 2. The number of carbonyl (C=O) groups is 1. The van der Waals surface area contributed by atoms with E-state index in [1.807, 2.05) is 22.6 Å². The number of methoxy groups -OCH3 is 1. The molecule has 0 saturated heterocycles. The molecule has 1 aliphatic carbocycles. The zero-order valence-corrected chi connectivity index (χ0v) is 17.4. The number of hydrogen-bond acceptors (Lipinski definition) is 5. The van der Waals surface area contributed by atoms with Gasteiger partial charge in [-0.2, -0.15) is 0 Å². The molecule has 0 spiro atoms. The molecule has 1 atom stereocenters. The Hall–Kier alpha value is -2.23. The third-order valence-corrected chi connectivity index (χ3v) is 6.01. The summed E-state index contributed by atoms with van der Waals surface area (Å²) in [4.78, 5) is 25.6. The molecule has 7 nitrogen and oxygen atoms in total. The monoisotopic (exact) mass is 481 g/mol. The van der Waals surface area contributed by atoms with Crippen LogP contribution in [0.25, 0.3) is 0 Å². The van der Waals surface area contributed by atoms with Crippen LogP contribution >= 0.6 is 22.6 Å². The van der Waals surface area contributed by atoms with Crippen LogP contribution in [-0.2, 0) is 4.79 Å². The highest BCUT2D eigenvalue weighted by Gasteiger charge is 2.42. The normalized spacial score (nSPS) is 20.7. The summed E-state index contributed by atoms with van der Waals surface area (Å²) in [5.41, 5.74) is 2.26. The van der Waals surface area contributed by atoms with Gasteiger partial charge >= 0.3 is 0 Å². The number of carbonyl (C=O) groups excluding carboxylic acids is 1. The summed E-state index contributed by atoms with van der Waals surface area (Å²) in [6.45, 7) is 4.13. The number of hydrogen-bond donors (Lipinski definition) is 4. The molecule has 2 aromatic rings. The molecule has 1 aromatic carbocycles. The standard InChI is InChI=1S/C19H20IN3O4/c1-19(2)6-10-14(11(24)7-19)13(15-17(21-10)22-23-18(15)26)8-4-9(20)16(25)12(5-8)27-3/h4-5,13,25H,6-7H2,1-3H3,(H3,21,22,23,26). The van der Waals surface area contributed by atoms with Crippen LogP contribution in [0.15, 0.2) is 28.2 Å². The molecule has 142 valence electrons. The second-order valence-electron chi connectivity index (χ2n) is 7.81. The van der Waals surface area contributed by atoms with Crippen LogP contribution < -0.4 is 15.6 Å². The van der Waals surface area contributed by atoms with Gasteiger partial charge < -0.3 is 15.2 Å². The molecular formula is C19H20IN3O4. The fraction of sp³-hybridized carbons (Fsp3) is 0.368. The van der Waals surface area contributed by atoms with Crippen LogP contribution in [0.4, 0.5) is 5.82 Å². The fourth-order valence-electron chi connectivity index (χ4n) is 4.07. The summed E-state index contributed by atoms with van der Waals surface area (Å²) in [5.74, 6) is 0.459. The predicted octanol–water partition coefficient (Wildman–Crippen LogP) is 3.22. The van der Waals surface area contributed by atoms with E-state index in [9.17, 15) is 14.7 Å². The summed E-state index contributed by atoms with van der Waals surface area (Å²) in [5, 5.41) is 18.9. The SMILES string of the molecule is COc1cc(C2C3=C(CC(C)(C)CC3=O)Nc3[nH][nH]c(=O)c32)cc(I)c1O. The number of anilines is 1. The van der Waals surface area contributed by atoms with Gasteiger partial charge in [-0.05, 0) is 52.1 Å². The smallest absolute Gasteiger partial charge is 0.270 e. The van der Waals surface area contributed by atoms with E-state index in [2.05, 4.69) is 29.4 Å². The van der Waals surface area contributed by atoms with Crippen molar-refractivity contribution in [2.24, 2.45) is 5.41 Å². The Morgan fingerprint density at radius 3 is 2.67 bits per heavy atom. The van der Waals surface area contributed by atoms with E-state index in [1.54, 1.807) is 12.1 Å². The molecule has 8 heteroatoms. The summed E-state index contributed by atoms with van der Waals surface area (Å²) in [6, 6.07) is 3.49. The van der Waals surface area contributed by atoms with E-state index < -0.39 is 5.92 Å². The molecule has 0 radical (unpaired) electrons. The van der Waals surface area contributed by atoms with Crippen LogP contribution in [0, 0.1) is 8.99 Å². The molecule has 27 heavy (non-hydrogen) atoms. The maximum absolute atomic E-state index is 13.1. The topological polar surface area (TPSA) is 107 Å². The fourth-order valence-corrected chi connectivity index (χ4v) is 4.69. The van der Waals surface area contributed by atoms with Crippen molar-refractivity contribution < 1.29 is 14.6 Å². The Morgan fingerprint density at radius 2 is 1.96 bits per heavy atom. The van der Waals surface area contributed by atoms with Gasteiger partial charge in [-0.15, -0.1) is 0 Å². The zero-order chi connectivity index (χ0) is 19.5. The van der Waals surface area contributed by atoms with Crippen LogP contribution in [-0.4, -0.2) is 28.2 Å². The lowest BCUT2D eigenvalue weighted by molar-refractivity contribution is -0.118. The first-order chi connectivity index (χ1) is 12.7. The van der Waals surface area contributed by atoms with Crippen molar-refractivity contribution in [2.75, 3.05) is 12.4 Å². The summed E-state index contributed by atoms with van der Waals surface area (Å²) < 4.78 is 5.88. The lowest BCUT2D eigenvalue weighted by atomic mass is 9.69. The molecule has 4 rings (SSSR count). The number of fused-ring (bicyclic) bond motifs is 1. The van der Waals surface area contributed by atoms with Crippen LogP contribution in [0.3, 0.4) is 0 Å². The third-order valence-electron chi connectivity index (χ3n) is 5.19. The number of aromatic nitrogens is 2. The number of halogens is 1. The van der Waals surface area contributed by atoms with Crippen molar-refractivity contribution in [3.63, 3.8) is 0 Å². The van der Waals surface area contributed by atoms with Crippen molar-refractivity contribution in [1.82, 2.24) is 10.2 Å². The maximum Gasteiger partial charge on any atom is 0.270 e. The number of ether oxygens (including phenoxy) is 1. The molecule has 0 bridgehead atoms. The number of rotatable bonds is 2. The van der Waals surface area contributed by atoms with Crippen molar-refractivity contribution in [1.29, 1.82) is 0 Å². The van der Waals surface area contributed by atoms with Crippen molar-refractivity contribution in [3.8, 4) is 11.5 Å². The second-order valence-corrected chi connectivity index (χ2v) is 8.97. The minimum Gasteiger partial charge on any atom is -0.504 e. The lowest BCUT2D eigenvalue weighted by Crippen LogP contribution is -2.35. The molecular weight excluding hydrogens is 461 g/mol. The first kappa shape index (κ1) is 18.1.